The molecule has 0 bridgehead atoms. The molecular formula is C15H10ClFN2O2. The summed E-state index contributed by atoms with van der Waals surface area (Å²) in [6.45, 7) is 0. The number of aliphatic imine (C=N–C) groups is 1. The van der Waals surface area contributed by atoms with E-state index in [0.717, 1.165) is 0 Å². The maximum absolute atomic E-state index is 13.1. The van der Waals surface area contributed by atoms with E-state index in [1.165, 1.54) is 24.3 Å². The second-order valence-electron chi connectivity index (χ2n) is 4.54. The molecule has 1 atom stereocenters. The molecule has 4 nitrogen and oxygen atoms in total. The number of rotatable bonds is 1. The summed E-state index contributed by atoms with van der Waals surface area (Å²) in [5.41, 5.74) is 2.01. The summed E-state index contributed by atoms with van der Waals surface area (Å²) >= 11 is 5.99. The minimum Gasteiger partial charge on any atom is -0.364 e. The Morgan fingerprint density at radius 2 is 1.90 bits per heavy atom. The van der Waals surface area contributed by atoms with E-state index in [1.807, 2.05) is 0 Å². The number of halogens is 2. The maximum atomic E-state index is 13.1. The summed E-state index contributed by atoms with van der Waals surface area (Å²) in [6, 6.07) is 10.5. The third kappa shape index (κ3) is 2.66. The van der Waals surface area contributed by atoms with E-state index in [1.54, 1.807) is 18.2 Å². The average Bonchev–Trinajstić information content (AvgIpc) is 2.58. The highest BCUT2D eigenvalue weighted by atomic mass is 35.5. The van der Waals surface area contributed by atoms with Gasteiger partial charge in [0.15, 0.2) is 0 Å². The van der Waals surface area contributed by atoms with Crippen LogP contribution in [0.4, 0.5) is 10.1 Å². The van der Waals surface area contributed by atoms with Crippen LogP contribution in [0.5, 0.6) is 0 Å². The minimum absolute atomic E-state index is 0.373. The number of aliphatic hydroxyl groups excluding tert-OH is 1. The van der Waals surface area contributed by atoms with E-state index in [0.29, 0.717) is 27.5 Å². The van der Waals surface area contributed by atoms with Gasteiger partial charge in [0.2, 0.25) is 6.23 Å². The third-order valence-electron chi connectivity index (χ3n) is 3.10. The topological polar surface area (TPSA) is 61.7 Å². The van der Waals surface area contributed by atoms with Crippen molar-refractivity contribution in [2.45, 2.75) is 6.23 Å². The summed E-state index contributed by atoms with van der Waals surface area (Å²) in [5, 5.41) is 12.8. The fourth-order valence-corrected chi connectivity index (χ4v) is 2.28. The zero-order valence-corrected chi connectivity index (χ0v) is 11.4. The highest BCUT2D eigenvalue weighted by molar-refractivity contribution is 6.32. The normalized spacial score (nSPS) is 17.6. The minimum atomic E-state index is -1.53. The summed E-state index contributed by atoms with van der Waals surface area (Å²) in [5.74, 6) is -1.01. The van der Waals surface area contributed by atoms with Crippen molar-refractivity contribution < 1.29 is 14.3 Å². The standard InChI is InChI=1S/C15H10ClFN2O2/c16-9-3-6-12-11(7-9)13(19-15(21)14(20)18-12)8-1-4-10(17)5-2-8/h1-7,15,21H,(H,18,20). The van der Waals surface area contributed by atoms with Gasteiger partial charge in [-0.25, -0.2) is 9.38 Å². The number of hydrogen-bond donors (Lipinski definition) is 2. The highest BCUT2D eigenvalue weighted by Crippen LogP contribution is 2.27. The molecule has 2 aromatic carbocycles. The van der Waals surface area contributed by atoms with Gasteiger partial charge in [-0.05, 0) is 42.5 Å². The number of amides is 1. The maximum Gasteiger partial charge on any atom is 0.276 e. The summed E-state index contributed by atoms with van der Waals surface area (Å²) in [7, 11) is 0. The SMILES string of the molecule is O=C1Nc2ccc(Cl)cc2C(c2ccc(F)cc2)=NC1O. The van der Waals surface area contributed by atoms with Gasteiger partial charge in [0.1, 0.15) is 5.82 Å². The molecule has 21 heavy (non-hydrogen) atoms. The fourth-order valence-electron chi connectivity index (χ4n) is 2.11. The summed E-state index contributed by atoms with van der Waals surface area (Å²) in [6.07, 6.45) is -1.53. The first-order chi connectivity index (χ1) is 10.0. The first-order valence-corrected chi connectivity index (χ1v) is 6.55. The number of aliphatic hydroxyl groups is 1. The Morgan fingerprint density at radius 1 is 1.19 bits per heavy atom. The Hall–Kier alpha value is -2.24. The molecule has 1 aliphatic heterocycles. The van der Waals surface area contributed by atoms with Crippen molar-refractivity contribution in [3.05, 3.63) is 64.4 Å². The Bertz CT molecular complexity index is 744. The van der Waals surface area contributed by atoms with Gasteiger partial charge in [-0.1, -0.05) is 11.6 Å². The van der Waals surface area contributed by atoms with Crippen molar-refractivity contribution in [1.29, 1.82) is 0 Å². The molecule has 0 fully saturated rings. The number of carbonyl (C=O) groups is 1. The van der Waals surface area contributed by atoms with Crippen LogP contribution in [0.15, 0.2) is 47.5 Å². The average molecular weight is 305 g/mol. The number of hydrogen-bond acceptors (Lipinski definition) is 3. The quantitative estimate of drug-likeness (QED) is 0.850. The monoisotopic (exact) mass is 304 g/mol. The van der Waals surface area contributed by atoms with Gasteiger partial charge < -0.3 is 10.4 Å². The van der Waals surface area contributed by atoms with Crippen molar-refractivity contribution in [2.24, 2.45) is 4.99 Å². The number of carbonyl (C=O) groups excluding carboxylic acids is 1. The van der Waals surface area contributed by atoms with Gasteiger partial charge in [0.25, 0.3) is 5.91 Å². The lowest BCUT2D eigenvalue weighted by Gasteiger charge is -2.10. The van der Waals surface area contributed by atoms with Crippen molar-refractivity contribution in [3.63, 3.8) is 0 Å². The van der Waals surface area contributed by atoms with Crippen LogP contribution < -0.4 is 5.32 Å². The molecule has 6 heteroatoms. The first kappa shape index (κ1) is 13.7. The van der Waals surface area contributed by atoms with E-state index in [-0.39, 0.29) is 5.82 Å². The van der Waals surface area contributed by atoms with E-state index in [2.05, 4.69) is 10.3 Å². The number of nitrogens with one attached hydrogen (secondary N) is 1. The van der Waals surface area contributed by atoms with Crippen LogP contribution in [-0.2, 0) is 4.79 Å². The Labute approximate surface area is 124 Å². The molecule has 2 aromatic rings. The summed E-state index contributed by atoms with van der Waals surface area (Å²) in [4.78, 5) is 15.7. The fraction of sp³-hybridized carbons (Fsp3) is 0.0667. The molecule has 0 saturated heterocycles. The van der Waals surface area contributed by atoms with Crippen LogP contribution in [0.25, 0.3) is 0 Å². The molecule has 106 valence electrons. The molecular weight excluding hydrogens is 295 g/mol. The van der Waals surface area contributed by atoms with Crippen molar-refractivity contribution in [2.75, 3.05) is 5.32 Å². The molecule has 3 rings (SSSR count). The van der Waals surface area contributed by atoms with Crippen LogP contribution in [0.3, 0.4) is 0 Å². The zero-order chi connectivity index (χ0) is 15.0. The van der Waals surface area contributed by atoms with Crippen molar-refractivity contribution in [1.82, 2.24) is 0 Å². The van der Waals surface area contributed by atoms with Crippen LogP contribution in [-0.4, -0.2) is 23.0 Å². The summed E-state index contributed by atoms with van der Waals surface area (Å²) < 4.78 is 13.1. The lowest BCUT2D eigenvalue weighted by Crippen LogP contribution is -2.24. The van der Waals surface area contributed by atoms with Crippen LogP contribution in [0, 0.1) is 5.82 Å². The van der Waals surface area contributed by atoms with Gasteiger partial charge in [0.05, 0.1) is 11.4 Å². The van der Waals surface area contributed by atoms with Crippen molar-refractivity contribution in [3.8, 4) is 0 Å². The van der Waals surface area contributed by atoms with E-state index in [4.69, 9.17) is 11.6 Å². The largest absolute Gasteiger partial charge is 0.364 e. The molecule has 0 radical (unpaired) electrons. The molecule has 0 saturated carbocycles. The molecule has 2 N–H and O–H groups in total. The number of anilines is 1. The molecule has 1 unspecified atom stereocenters. The van der Waals surface area contributed by atoms with Crippen LogP contribution >= 0.6 is 11.6 Å². The second kappa shape index (κ2) is 5.27. The van der Waals surface area contributed by atoms with E-state index < -0.39 is 12.1 Å². The van der Waals surface area contributed by atoms with E-state index in [9.17, 15) is 14.3 Å². The van der Waals surface area contributed by atoms with Crippen LogP contribution in [0.2, 0.25) is 5.02 Å². The number of benzene rings is 2. The molecule has 0 aromatic heterocycles. The van der Waals surface area contributed by atoms with Gasteiger partial charge in [0, 0.05) is 16.1 Å². The number of benzodiazepines with no additional fused rings is 1. The van der Waals surface area contributed by atoms with Crippen LogP contribution in [0.1, 0.15) is 11.1 Å². The third-order valence-corrected chi connectivity index (χ3v) is 3.33. The Morgan fingerprint density at radius 3 is 2.62 bits per heavy atom. The predicted octanol–water partition coefficient (Wildman–Crippen LogP) is 2.59. The lowest BCUT2D eigenvalue weighted by molar-refractivity contribution is -0.123. The van der Waals surface area contributed by atoms with E-state index >= 15 is 0 Å². The first-order valence-electron chi connectivity index (χ1n) is 6.17. The molecule has 0 spiro atoms. The lowest BCUT2D eigenvalue weighted by atomic mass is 10.0. The number of nitrogens with zero attached hydrogens (tertiary/aromatic N) is 1. The zero-order valence-electron chi connectivity index (χ0n) is 10.7. The van der Waals surface area contributed by atoms with Gasteiger partial charge in [-0.15, -0.1) is 0 Å². The predicted molar refractivity (Wildman–Crippen MR) is 78.1 cm³/mol. The molecule has 0 aliphatic carbocycles. The highest BCUT2D eigenvalue weighted by Gasteiger charge is 2.24. The van der Waals surface area contributed by atoms with Crippen molar-refractivity contribution >= 4 is 28.9 Å². The molecule has 1 amide bonds. The smallest absolute Gasteiger partial charge is 0.276 e. The molecule has 1 heterocycles. The number of fused-ring (bicyclic) bond motifs is 1. The Balaban J connectivity index is 2.21. The second-order valence-corrected chi connectivity index (χ2v) is 4.97. The van der Waals surface area contributed by atoms with Gasteiger partial charge >= 0.3 is 0 Å². The Kier molecular flexibility index (Phi) is 3.45. The molecule has 1 aliphatic rings. The van der Waals surface area contributed by atoms with Gasteiger partial charge in [-0.2, -0.15) is 0 Å². The van der Waals surface area contributed by atoms with Gasteiger partial charge in [-0.3, -0.25) is 4.79 Å².